The first-order chi connectivity index (χ1) is 14.8. The molecule has 3 rings (SSSR count). The molecule has 2 atom stereocenters. The summed E-state index contributed by atoms with van der Waals surface area (Å²) in [4.78, 5) is 25.9. The number of halogens is 4. The lowest BCUT2D eigenvalue weighted by molar-refractivity contribution is -0.136. The number of carbonyl (C=O) groups is 2. The molecular formula is C21H21ClF3N3O3. The first kappa shape index (κ1) is 22.7. The van der Waals surface area contributed by atoms with E-state index in [-0.39, 0.29) is 18.5 Å². The molecule has 0 saturated carbocycles. The molecule has 1 aliphatic rings. The van der Waals surface area contributed by atoms with Gasteiger partial charge in [0.15, 0.2) is 0 Å². The molecule has 1 saturated heterocycles. The number of piperidine rings is 1. The largest absolute Gasteiger partial charge is 0.497 e. The normalized spacial score (nSPS) is 18.8. The number of hydrogen-bond acceptors (Lipinski definition) is 3. The predicted octanol–water partition coefficient (Wildman–Crippen LogP) is 4.26. The number of hydrogen-bond donors (Lipinski definition) is 2. The maximum Gasteiger partial charge on any atom is 0.319 e. The minimum Gasteiger partial charge on any atom is -0.497 e. The Labute approximate surface area is 182 Å². The molecule has 0 aliphatic carbocycles. The average molecular weight is 456 g/mol. The highest BCUT2D eigenvalue weighted by Crippen LogP contribution is 2.33. The third kappa shape index (κ3) is 5.81. The van der Waals surface area contributed by atoms with Crippen molar-refractivity contribution in [3.05, 3.63) is 58.9 Å². The van der Waals surface area contributed by atoms with Crippen LogP contribution in [-0.2, 0) is 4.79 Å². The third-order valence-corrected chi connectivity index (χ3v) is 5.29. The summed E-state index contributed by atoms with van der Waals surface area (Å²) >= 11 is 5.83. The van der Waals surface area contributed by atoms with E-state index >= 15 is 0 Å². The summed E-state index contributed by atoms with van der Waals surface area (Å²) in [5.74, 6) is -1.57. The van der Waals surface area contributed by atoms with Crippen LogP contribution in [0.25, 0.3) is 0 Å². The number of alkyl halides is 2. The minimum absolute atomic E-state index is 0.173. The third-order valence-electron chi connectivity index (χ3n) is 5.03. The number of anilines is 1. The molecule has 31 heavy (non-hydrogen) atoms. The lowest BCUT2D eigenvalue weighted by Crippen LogP contribution is -2.55. The Bertz CT molecular complexity index is 943. The van der Waals surface area contributed by atoms with Crippen molar-refractivity contribution in [2.45, 2.75) is 24.8 Å². The zero-order chi connectivity index (χ0) is 22.5. The Balaban J connectivity index is 1.82. The molecule has 2 aromatic carbocycles. The molecule has 1 heterocycles. The topological polar surface area (TPSA) is 70.7 Å². The van der Waals surface area contributed by atoms with Gasteiger partial charge < -0.3 is 20.3 Å². The van der Waals surface area contributed by atoms with Gasteiger partial charge in [-0.15, -0.1) is 0 Å². The van der Waals surface area contributed by atoms with Gasteiger partial charge in [-0.25, -0.2) is 18.0 Å². The second-order valence-corrected chi connectivity index (χ2v) is 7.54. The smallest absolute Gasteiger partial charge is 0.319 e. The molecule has 1 fully saturated rings. The van der Waals surface area contributed by atoms with Crippen molar-refractivity contribution in [2.75, 3.05) is 25.5 Å². The highest BCUT2D eigenvalue weighted by Gasteiger charge is 2.38. The Hall–Kier alpha value is -2.94. The quantitative estimate of drug-likeness (QED) is 0.683. The summed E-state index contributed by atoms with van der Waals surface area (Å²) in [6.07, 6.45) is -2.94. The minimum atomic E-state index is -2.72. The highest BCUT2D eigenvalue weighted by atomic mass is 35.5. The first-order valence-electron chi connectivity index (χ1n) is 9.49. The van der Waals surface area contributed by atoms with E-state index in [2.05, 4.69) is 10.6 Å². The van der Waals surface area contributed by atoms with E-state index in [1.165, 1.54) is 19.2 Å². The summed E-state index contributed by atoms with van der Waals surface area (Å²) in [5.41, 5.74) is 0.660. The van der Waals surface area contributed by atoms with Gasteiger partial charge in [0.1, 0.15) is 11.6 Å². The van der Waals surface area contributed by atoms with Gasteiger partial charge in [0.2, 0.25) is 5.91 Å². The van der Waals surface area contributed by atoms with Crippen molar-refractivity contribution >= 4 is 29.2 Å². The van der Waals surface area contributed by atoms with E-state index in [1.807, 2.05) is 0 Å². The van der Waals surface area contributed by atoms with Crippen molar-refractivity contribution in [1.82, 2.24) is 10.2 Å². The van der Waals surface area contributed by atoms with E-state index in [1.54, 1.807) is 30.3 Å². The summed E-state index contributed by atoms with van der Waals surface area (Å²) in [6.45, 7) is -0.930. The molecule has 3 amide bonds. The molecule has 0 radical (unpaired) electrons. The van der Waals surface area contributed by atoms with Crippen LogP contribution in [0.4, 0.5) is 23.7 Å². The van der Waals surface area contributed by atoms with Gasteiger partial charge >= 0.3 is 6.03 Å². The number of carbonyl (C=O) groups excluding carboxylic acids is 2. The lowest BCUT2D eigenvalue weighted by atomic mass is 9.84. The molecular weight excluding hydrogens is 435 g/mol. The van der Waals surface area contributed by atoms with Gasteiger partial charge in [0.25, 0.3) is 6.43 Å². The standard InChI is InChI=1S/C21H21ClF3N3O3/c1-31-14-6-7-15(17(23)8-14)16-9-20(29)28(11-19(24)25)10-18(16)27-21(30)26-13-4-2-12(22)3-5-13/h2-8,16,18-19H,9-11H2,1H3,(H2,26,27,30). The number of nitrogens with one attached hydrogen (secondary N) is 2. The van der Waals surface area contributed by atoms with Crippen molar-refractivity contribution in [2.24, 2.45) is 0 Å². The van der Waals surface area contributed by atoms with E-state index in [0.29, 0.717) is 16.5 Å². The fourth-order valence-corrected chi connectivity index (χ4v) is 3.67. The number of likely N-dealkylation sites (tertiary alicyclic amines) is 1. The van der Waals surface area contributed by atoms with E-state index in [0.717, 1.165) is 4.90 Å². The number of ether oxygens (including phenoxy) is 1. The number of nitrogens with zero attached hydrogens (tertiary/aromatic N) is 1. The molecule has 166 valence electrons. The van der Waals surface area contributed by atoms with Gasteiger partial charge in [-0.05, 0) is 35.9 Å². The number of methoxy groups -OCH3 is 1. The van der Waals surface area contributed by atoms with Crippen LogP contribution < -0.4 is 15.4 Å². The van der Waals surface area contributed by atoms with Crippen molar-refractivity contribution in [3.8, 4) is 5.75 Å². The molecule has 0 aromatic heterocycles. The maximum absolute atomic E-state index is 14.7. The maximum atomic E-state index is 14.7. The fourth-order valence-electron chi connectivity index (χ4n) is 3.55. The van der Waals surface area contributed by atoms with Crippen LogP contribution in [0, 0.1) is 5.82 Å². The summed E-state index contributed by atoms with van der Waals surface area (Å²) in [5, 5.41) is 5.80. The van der Waals surface area contributed by atoms with Crippen LogP contribution in [0.15, 0.2) is 42.5 Å². The van der Waals surface area contributed by atoms with Crippen LogP contribution in [0.2, 0.25) is 5.02 Å². The van der Waals surface area contributed by atoms with E-state index < -0.39 is 42.7 Å². The predicted molar refractivity (Wildman–Crippen MR) is 110 cm³/mol. The zero-order valence-corrected chi connectivity index (χ0v) is 17.3. The average Bonchev–Trinajstić information content (AvgIpc) is 2.71. The second-order valence-electron chi connectivity index (χ2n) is 7.10. The Kier molecular flexibility index (Phi) is 7.27. The number of amides is 3. The molecule has 2 aromatic rings. The summed E-state index contributed by atoms with van der Waals surface area (Å²) in [7, 11) is 1.40. The van der Waals surface area contributed by atoms with Gasteiger partial charge in [-0.2, -0.15) is 0 Å². The summed E-state index contributed by atoms with van der Waals surface area (Å²) < 4.78 is 45.5. The van der Waals surface area contributed by atoms with Crippen LogP contribution in [0.3, 0.4) is 0 Å². The highest BCUT2D eigenvalue weighted by molar-refractivity contribution is 6.30. The second kappa shape index (κ2) is 9.91. The van der Waals surface area contributed by atoms with Gasteiger partial charge in [-0.3, -0.25) is 4.79 Å². The Morgan fingerprint density at radius 1 is 1.26 bits per heavy atom. The monoisotopic (exact) mass is 455 g/mol. The van der Waals surface area contributed by atoms with Crippen molar-refractivity contribution in [1.29, 1.82) is 0 Å². The Morgan fingerprint density at radius 3 is 2.58 bits per heavy atom. The van der Waals surface area contributed by atoms with Gasteiger partial charge in [-0.1, -0.05) is 17.7 Å². The molecule has 2 unspecified atom stereocenters. The Morgan fingerprint density at radius 2 is 1.97 bits per heavy atom. The lowest BCUT2D eigenvalue weighted by Gasteiger charge is -2.38. The van der Waals surface area contributed by atoms with Crippen LogP contribution in [-0.4, -0.2) is 49.5 Å². The SMILES string of the molecule is COc1ccc(C2CC(=O)N(CC(F)F)CC2NC(=O)Nc2ccc(Cl)cc2)c(F)c1. The molecule has 1 aliphatic heterocycles. The van der Waals surface area contributed by atoms with Crippen molar-refractivity contribution in [3.63, 3.8) is 0 Å². The van der Waals surface area contributed by atoms with Crippen LogP contribution >= 0.6 is 11.6 Å². The van der Waals surface area contributed by atoms with E-state index in [4.69, 9.17) is 16.3 Å². The molecule has 2 N–H and O–H groups in total. The zero-order valence-electron chi connectivity index (χ0n) is 16.6. The van der Waals surface area contributed by atoms with Gasteiger partial charge in [0, 0.05) is 35.7 Å². The fraction of sp³-hybridized carbons (Fsp3) is 0.333. The van der Waals surface area contributed by atoms with Crippen LogP contribution in [0.5, 0.6) is 5.75 Å². The first-order valence-corrected chi connectivity index (χ1v) is 9.87. The van der Waals surface area contributed by atoms with E-state index in [9.17, 15) is 22.8 Å². The molecule has 10 heteroatoms. The van der Waals surface area contributed by atoms with Crippen LogP contribution in [0.1, 0.15) is 17.9 Å². The number of benzene rings is 2. The van der Waals surface area contributed by atoms with Crippen molar-refractivity contribution < 1.29 is 27.5 Å². The number of urea groups is 1. The molecule has 0 spiro atoms. The summed E-state index contributed by atoms with van der Waals surface area (Å²) in [6, 6.07) is 9.17. The van der Waals surface area contributed by atoms with Gasteiger partial charge in [0.05, 0.1) is 19.7 Å². The number of rotatable bonds is 6. The molecule has 6 nitrogen and oxygen atoms in total. The molecule has 0 bridgehead atoms.